The number of aryl methyl sites for hydroxylation is 2. The molecule has 0 fully saturated rings. The van der Waals surface area contributed by atoms with Gasteiger partial charge in [0.05, 0.1) is 23.8 Å². The second-order valence-corrected chi connectivity index (χ2v) is 7.31. The molecule has 0 atom stereocenters. The van der Waals surface area contributed by atoms with Crippen LogP contribution in [0.25, 0.3) is 0 Å². The molecule has 0 aliphatic carbocycles. The molecule has 0 bridgehead atoms. The lowest BCUT2D eigenvalue weighted by atomic mass is 10.1. The first-order chi connectivity index (χ1) is 11.8. The Labute approximate surface area is 150 Å². The third kappa shape index (κ3) is 4.84. The third-order valence-corrected chi connectivity index (χ3v) is 4.73. The van der Waals surface area contributed by atoms with E-state index >= 15 is 0 Å². The van der Waals surface area contributed by atoms with E-state index in [1.165, 1.54) is 16.3 Å². The molecule has 2 aromatic rings. The van der Waals surface area contributed by atoms with Crippen LogP contribution in [0.15, 0.2) is 37.7 Å². The Morgan fingerprint density at radius 1 is 1.20 bits per heavy atom. The zero-order valence-electron chi connectivity index (χ0n) is 15.0. The molecular weight excluding hydrogens is 340 g/mol. The van der Waals surface area contributed by atoms with Crippen LogP contribution in [0, 0.1) is 13.8 Å². The predicted molar refractivity (Wildman–Crippen MR) is 98.5 cm³/mol. The van der Waals surface area contributed by atoms with E-state index < -0.39 is 5.69 Å². The number of nitrogens with zero attached hydrogens (tertiary/aromatic N) is 1. The fourth-order valence-electron chi connectivity index (χ4n) is 2.63. The van der Waals surface area contributed by atoms with Crippen LogP contribution in [0.4, 0.5) is 0 Å². The van der Waals surface area contributed by atoms with Gasteiger partial charge in [0.2, 0.25) is 0 Å². The summed E-state index contributed by atoms with van der Waals surface area (Å²) >= 11 is 1.38. The molecule has 0 aliphatic heterocycles. The van der Waals surface area contributed by atoms with Gasteiger partial charge in [-0.05, 0) is 43.0 Å². The minimum atomic E-state index is -0.515. The normalized spacial score (nSPS) is 11.3. The molecule has 1 aromatic carbocycles. The van der Waals surface area contributed by atoms with Crippen molar-refractivity contribution in [3.63, 3.8) is 0 Å². The van der Waals surface area contributed by atoms with Gasteiger partial charge in [-0.2, -0.15) is 0 Å². The van der Waals surface area contributed by atoms with Crippen LogP contribution >= 0.6 is 11.8 Å². The molecule has 0 radical (unpaired) electrons. The van der Waals surface area contributed by atoms with E-state index in [0.717, 1.165) is 16.0 Å². The summed E-state index contributed by atoms with van der Waals surface area (Å²) in [5.74, 6) is -0.0538. The van der Waals surface area contributed by atoms with Crippen molar-refractivity contribution in [2.75, 3.05) is 13.2 Å². The molecule has 136 valence electrons. The van der Waals surface area contributed by atoms with Crippen molar-refractivity contribution in [2.45, 2.75) is 50.3 Å². The van der Waals surface area contributed by atoms with Crippen LogP contribution < -0.4 is 11.2 Å². The standard InChI is InChI=1S/C18H24N2O4S/c1-11(2)15-16(22)19-18(23)20(10-24-6-5-21)17(15)25-14-8-12(3)7-13(4)9-14/h7-9,11,21H,5-6,10H2,1-4H3,(H,19,22,23). The lowest BCUT2D eigenvalue weighted by Gasteiger charge is -2.18. The highest BCUT2D eigenvalue weighted by Crippen LogP contribution is 2.32. The maximum Gasteiger partial charge on any atom is 0.331 e. The van der Waals surface area contributed by atoms with E-state index in [-0.39, 0.29) is 31.4 Å². The number of hydrogen-bond donors (Lipinski definition) is 2. The smallest absolute Gasteiger partial charge is 0.331 e. The van der Waals surface area contributed by atoms with Crippen LogP contribution in [-0.4, -0.2) is 27.9 Å². The maximum atomic E-state index is 12.3. The van der Waals surface area contributed by atoms with Gasteiger partial charge in [0, 0.05) is 4.90 Å². The summed E-state index contributed by atoms with van der Waals surface area (Å²) in [7, 11) is 0. The molecule has 0 spiro atoms. The average Bonchev–Trinajstić information content (AvgIpc) is 2.48. The van der Waals surface area contributed by atoms with Crippen molar-refractivity contribution in [2.24, 2.45) is 0 Å². The summed E-state index contributed by atoms with van der Waals surface area (Å²) in [6.45, 7) is 7.82. The first kappa shape index (κ1) is 19.5. The van der Waals surface area contributed by atoms with Crippen molar-refractivity contribution in [1.29, 1.82) is 0 Å². The molecular formula is C18H24N2O4S. The summed E-state index contributed by atoms with van der Waals surface area (Å²) in [5.41, 5.74) is 1.90. The Morgan fingerprint density at radius 3 is 2.40 bits per heavy atom. The van der Waals surface area contributed by atoms with Crippen LogP contribution in [-0.2, 0) is 11.5 Å². The van der Waals surface area contributed by atoms with E-state index in [0.29, 0.717) is 10.6 Å². The molecule has 6 nitrogen and oxygen atoms in total. The Morgan fingerprint density at radius 2 is 1.84 bits per heavy atom. The Balaban J connectivity index is 2.58. The number of rotatable bonds is 7. The molecule has 0 unspecified atom stereocenters. The number of aliphatic hydroxyl groups is 1. The third-order valence-electron chi connectivity index (χ3n) is 3.63. The minimum Gasteiger partial charge on any atom is -0.394 e. The number of benzene rings is 1. The lowest BCUT2D eigenvalue weighted by Crippen LogP contribution is -2.35. The van der Waals surface area contributed by atoms with E-state index in [9.17, 15) is 9.59 Å². The molecule has 25 heavy (non-hydrogen) atoms. The average molecular weight is 364 g/mol. The Kier molecular flexibility index (Phi) is 6.64. The molecule has 0 saturated carbocycles. The molecule has 7 heteroatoms. The van der Waals surface area contributed by atoms with Crippen molar-refractivity contribution < 1.29 is 9.84 Å². The van der Waals surface area contributed by atoms with Gasteiger partial charge in [-0.1, -0.05) is 31.7 Å². The second-order valence-electron chi connectivity index (χ2n) is 6.25. The molecule has 0 amide bonds. The number of aromatic nitrogens is 2. The summed E-state index contributed by atoms with van der Waals surface area (Å²) in [6, 6.07) is 6.11. The van der Waals surface area contributed by atoms with Crippen molar-refractivity contribution >= 4 is 11.8 Å². The number of aromatic amines is 1. The summed E-state index contributed by atoms with van der Waals surface area (Å²) in [6.07, 6.45) is 0. The number of hydrogen-bond acceptors (Lipinski definition) is 5. The monoisotopic (exact) mass is 364 g/mol. The predicted octanol–water partition coefficient (Wildman–Crippen LogP) is 2.39. The Bertz CT molecular complexity index is 835. The van der Waals surface area contributed by atoms with Gasteiger partial charge in [0.15, 0.2) is 0 Å². The van der Waals surface area contributed by atoms with Crippen LogP contribution in [0.5, 0.6) is 0 Å². The molecule has 2 N–H and O–H groups in total. The first-order valence-corrected chi connectivity index (χ1v) is 8.97. The highest BCUT2D eigenvalue weighted by Gasteiger charge is 2.19. The van der Waals surface area contributed by atoms with Gasteiger partial charge in [0.1, 0.15) is 6.73 Å². The van der Waals surface area contributed by atoms with Crippen molar-refractivity contribution in [1.82, 2.24) is 9.55 Å². The van der Waals surface area contributed by atoms with E-state index in [2.05, 4.69) is 11.1 Å². The SMILES string of the molecule is Cc1cc(C)cc(Sc2c(C(C)C)c(=O)[nH]c(=O)n2COCCO)c1. The zero-order chi connectivity index (χ0) is 18.6. The van der Waals surface area contributed by atoms with Gasteiger partial charge in [-0.15, -0.1) is 0 Å². The number of nitrogens with one attached hydrogen (secondary N) is 1. The van der Waals surface area contributed by atoms with Crippen molar-refractivity contribution in [3.05, 3.63) is 55.7 Å². The summed E-state index contributed by atoms with van der Waals surface area (Å²) in [4.78, 5) is 28.0. The van der Waals surface area contributed by atoms with Crippen molar-refractivity contribution in [3.8, 4) is 0 Å². The summed E-state index contributed by atoms with van der Waals surface area (Å²) < 4.78 is 6.74. The first-order valence-electron chi connectivity index (χ1n) is 8.15. The molecule has 0 saturated heterocycles. The number of aliphatic hydroxyl groups excluding tert-OH is 1. The van der Waals surface area contributed by atoms with Gasteiger partial charge in [-0.3, -0.25) is 14.3 Å². The highest BCUT2D eigenvalue weighted by molar-refractivity contribution is 7.99. The van der Waals surface area contributed by atoms with Gasteiger partial charge in [0.25, 0.3) is 5.56 Å². The van der Waals surface area contributed by atoms with E-state index in [1.807, 2.05) is 39.8 Å². The lowest BCUT2D eigenvalue weighted by molar-refractivity contribution is 0.0410. The fourth-order valence-corrected chi connectivity index (χ4v) is 4.02. The summed E-state index contributed by atoms with van der Waals surface area (Å²) in [5, 5.41) is 9.47. The van der Waals surface area contributed by atoms with Crippen LogP contribution in [0.1, 0.15) is 36.5 Å². The molecule has 1 heterocycles. The molecule has 1 aromatic heterocycles. The van der Waals surface area contributed by atoms with Gasteiger partial charge in [-0.25, -0.2) is 4.79 Å². The van der Waals surface area contributed by atoms with Crippen LogP contribution in [0.2, 0.25) is 0 Å². The largest absolute Gasteiger partial charge is 0.394 e. The van der Waals surface area contributed by atoms with E-state index in [4.69, 9.17) is 9.84 Å². The zero-order valence-corrected chi connectivity index (χ0v) is 15.8. The molecule has 0 aliphatic rings. The fraction of sp³-hybridized carbons (Fsp3) is 0.444. The quantitative estimate of drug-likeness (QED) is 0.582. The van der Waals surface area contributed by atoms with Crippen LogP contribution in [0.3, 0.4) is 0 Å². The van der Waals surface area contributed by atoms with Gasteiger partial charge >= 0.3 is 5.69 Å². The highest BCUT2D eigenvalue weighted by atomic mass is 32.2. The Hall–Kier alpha value is -1.83. The molecule has 2 rings (SSSR count). The maximum absolute atomic E-state index is 12.3. The topological polar surface area (TPSA) is 84.3 Å². The van der Waals surface area contributed by atoms with Gasteiger partial charge < -0.3 is 9.84 Å². The van der Waals surface area contributed by atoms with E-state index in [1.54, 1.807) is 0 Å². The second kappa shape index (κ2) is 8.51. The number of ether oxygens (including phenoxy) is 1. The number of H-pyrrole nitrogens is 1. The minimum absolute atomic E-state index is 0.0248.